The molecule has 2 bridgehead atoms. The Morgan fingerprint density at radius 3 is 2.77 bits per heavy atom. The molecule has 76 valence electrons. The molecule has 1 spiro atoms. The molecule has 0 aromatic heterocycles. The zero-order valence-corrected chi connectivity index (χ0v) is 8.74. The van der Waals surface area contributed by atoms with Crippen molar-refractivity contribution in [1.29, 1.82) is 0 Å². The van der Waals surface area contributed by atoms with E-state index >= 15 is 0 Å². The van der Waals surface area contributed by atoms with Crippen LogP contribution >= 0.6 is 12.4 Å². The van der Waals surface area contributed by atoms with Crippen LogP contribution in [0.15, 0.2) is 0 Å². The number of ether oxygens (including phenoxy) is 1. The van der Waals surface area contributed by atoms with E-state index in [4.69, 9.17) is 4.74 Å². The van der Waals surface area contributed by atoms with Gasteiger partial charge in [0.2, 0.25) is 0 Å². The largest absolute Gasteiger partial charge is 0.372 e. The topological polar surface area (TPSA) is 21.3 Å². The number of rotatable bonds is 0. The molecule has 1 N–H and O–H groups in total. The number of nitrogens with one attached hydrogen (secondary N) is 1. The first-order chi connectivity index (χ1) is 5.89. The van der Waals surface area contributed by atoms with Crippen LogP contribution in [0.2, 0.25) is 0 Å². The maximum Gasteiger partial charge on any atom is 0.0837 e. The van der Waals surface area contributed by atoms with E-state index in [-0.39, 0.29) is 18.0 Å². The molecule has 1 saturated heterocycles. The Bertz CT molecular complexity index is 191. The highest BCUT2D eigenvalue weighted by Gasteiger charge is 2.52. The summed E-state index contributed by atoms with van der Waals surface area (Å²) in [6.45, 7) is 3.11. The summed E-state index contributed by atoms with van der Waals surface area (Å²) in [5, 5.41) is 3.48. The molecule has 0 radical (unpaired) electrons. The van der Waals surface area contributed by atoms with Crippen molar-refractivity contribution in [3.05, 3.63) is 0 Å². The molecule has 3 rings (SSSR count). The molecular weight excluding hydrogens is 186 g/mol. The van der Waals surface area contributed by atoms with Gasteiger partial charge in [-0.1, -0.05) is 0 Å². The number of hydrogen-bond donors (Lipinski definition) is 1. The molecule has 3 atom stereocenters. The third-order valence-corrected chi connectivity index (χ3v) is 4.01. The Morgan fingerprint density at radius 1 is 1.31 bits per heavy atom. The second-order valence-electron chi connectivity index (χ2n) is 4.67. The molecule has 0 amide bonds. The van der Waals surface area contributed by atoms with Gasteiger partial charge in [0.25, 0.3) is 0 Å². The van der Waals surface area contributed by atoms with Gasteiger partial charge in [0.05, 0.1) is 12.2 Å². The maximum atomic E-state index is 6.00. The highest BCUT2D eigenvalue weighted by Crippen LogP contribution is 2.52. The molecule has 3 fully saturated rings. The third-order valence-electron chi connectivity index (χ3n) is 4.01. The summed E-state index contributed by atoms with van der Waals surface area (Å²) in [6.07, 6.45) is 5.68. The highest BCUT2D eigenvalue weighted by molar-refractivity contribution is 5.85. The van der Waals surface area contributed by atoms with Gasteiger partial charge >= 0.3 is 0 Å². The number of hydrogen-bond acceptors (Lipinski definition) is 2. The molecule has 1 aliphatic heterocycles. The summed E-state index contributed by atoms with van der Waals surface area (Å²) in [5.41, 5.74) is 0.279. The van der Waals surface area contributed by atoms with Gasteiger partial charge in [-0.05, 0) is 37.5 Å². The van der Waals surface area contributed by atoms with E-state index in [1.165, 1.54) is 25.7 Å². The molecule has 1 heterocycles. The van der Waals surface area contributed by atoms with Crippen molar-refractivity contribution in [2.75, 3.05) is 19.7 Å². The molecule has 0 aromatic rings. The van der Waals surface area contributed by atoms with Gasteiger partial charge in [-0.25, -0.2) is 0 Å². The number of morpholine rings is 1. The van der Waals surface area contributed by atoms with Crippen molar-refractivity contribution < 1.29 is 4.74 Å². The van der Waals surface area contributed by atoms with Crippen LogP contribution < -0.4 is 5.32 Å². The summed E-state index contributed by atoms with van der Waals surface area (Å²) in [7, 11) is 0. The Kier molecular flexibility index (Phi) is 2.56. The van der Waals surface area contributed by atoms with Crippen LogP contribution in [0.5, 0.6) is 0 Å². The van der Waals surface area contributed by atoms with Gasteiger partial charge in [-0.15, -0.1) is 12.4 Å². The lowest BCUT2D eigenvalue weighted by molar-refractivity contribution is -0.0999. The minimum absolute atomic E-state index is 0. The molecule has 3 unspecified atom stereocenters. The maximum absolute atomic E-state index is 6.00. The Balaban J connectivity index is 0.000000653. The average Bonchev–Trinajstić information content (AvgIpc) is 2.65. The lowest BCUT2D eigenvalue weighted by Crippen LogP contribution is -2.52. The fraction of sp³-hybridized carbons (Fsp3) is 1.00. The quantitative estimate of drug-likeness (QED) is 0.646. The van der Waals surface area contributed by atoms with Gasteiger partial charge in [-0.3, -0.25) is 0 Å². The van der Waals surface area contributed by atoms with Crippen LogP contribution in [0.25, 0.3) is 0 Å². The molecule has 2 aliphatic carbocycles. The zero-order valence-electron chi connectivity index (χ0n) is 7.92. The van der Waals surface area contributed by atoms with Crippen molar-refractivity contribution in [2.24, 2.45) is 11.8 Å². The van der Waals surface area contributed by atoms with E-state index in [0.29, 0.717) is 0 Å². The second kappa shape index (κ2) is 3.41. The van der Waals surface area contributed by atoms with Crippen molar-refractivity contribution in [3.8, 4) is 0 Å². The molecule has 3 heteroatoms. The van der Waals surface area contributed by atoms with Crippen LogP contribution in [-0.4, -0.2) is 25.3 Å². The van der Waals surface area contributed by atoms with Crippen LogP contribution in [0.3, 0.4) is 0 Å². The van der Waals surface area contributed by atoms with E-state index < -0.39 is 0 Å². The standard InChI is InChI=1S/C10H17NO.ClH/c1-2-9-5-8(1)6-10(9)7-11-3-4-12-10;/h8-9,11H,1-7H2;1H. The molecule has 2 nitrogen and oxygen atoms in total. The van der Waals surface area contributed by atoms with E-state index in [1.807, 2.05) is 0 Å². The predicted molar refractivity (Wildman–Crippen MR) is 54.2 cm³/mol. The highest BCUT2D eigenvalue weighted by atomic mass is 35.5. The van der Waals surface area contributed by atoms with Gasteiger partial charge in [0, 0.05) is 13.1 Å². The first-order valence-corrected chi connectivity index (χ1v) is 5.24. The molecular formula is C10H18ClNO. The predicted octanol–water partition coefficient (Wildman–Crippen LogP) is 1.59. The van der Waals surface area contributed by atoms with Crippen LogP contribution in [0.4, 0.5) is 0 Å². The lowest BCUT2D eigenvalue weighted by atomic mass is 9.83. The molecule has 13 heavy (non-hydrogen) atoms. The Morgan fingerprint density at radius 2 is 2.23 bits per heavy atom. The average molecular weight is 204 g/mol. The monoisotopic (exact) mass is 203 g/mol. The number of fused-ring (bicyclic) bond motifs is 3. The minimum Gasteiger partial charge on any atom is -0.372 e. The second-order valence-corrected chi connectivity index (χ2v) is 4.67. The van der Waals surface area contributed by atoms with Crippen LogP contribution in [0.1, 0.15) is 25.7 Å². The van der Waals surface area contributed by atoms with Crippen LogP contribution in [0, 0.1) is 11.8 Å². The minimum atomic E-state index is 0. The van der Waals surface area contributed by atoms with E-state index in [9.17, 15) is 0 Å². The normalized spacial score (nSPS) is 48.0. The van der Waals surface area contributed by atoms with Crippen molar-refractivity contribution >= 4 is 12.4 Å². The molecule has 0 aromatic carbocycles. The SMILES string of the molecule is C1COC2(CN1)CC1CCC2C1.Cl. The van der Waals surface area contributed by atoms with Gasteiger partial charge < -0.3 is 10.1 Å². The summed E-state index contributed by atoms with van der Waals surface area (Å²) in [6, 6.07) is 0. The van der Waals surface area contributed by atoms with E-state index in [2.05, 4.69) is 5.32 Å². The van der Waals surface area contributed by atoms with Gasteiger partial charge in [-0.2, -0.15) is 0 Å². The first-order valence-electron chi connectivity index (χ1n) is 5.24. The van der Waals surface area contributed by atoms with E-state index in [1.54, 1.807) is 0 Å². The summed E-state index contributed by atoms with van der Waals surface area (Å²) >= 11 is 0. The van der Waals surface area contributed by atoms with Crippen molar-refractivity contribution in [1.82, 2.24) is 5.32 Å². The fourth-order valence-electron chi connectivity index (χ4n) is 3.46. The lowest BCUT2D eigenvalue weighted by Gasteiger charge is -2.41. The Hall–Kier alpha value is 0.210. The molecule has 3 aliphatic rings. The molecule has 2 saturated carbocycles. The first kappa shape index (κ1) is 9.75. The summed E-state index contributed by atoms with van der Waals surface area (Å²) < 4.78 is 6.00. The van der Waals surface area contributed by atoms with Crippen LogP contribution in [-0.2, 0) is 4.74 Å². The van der Waals surface area contributed by atoms with Crippen molar-refractivity contribution in [3.63, 3.8) is 0 Å². The summed E-state index contributed by atoms with van der Waals surface area (Å²) in [5.74, 6) is 1.88. The fourth-order valence-corrected chi connectivity index (χ4v) is 3.46. The van der Waals surface area contributed by atoms with E-state index in [0.717, 1.165) is 31.5 Å². The summed E-state index contributed by atoms with van der Waals surface area (Å²) in [4.78, 5) is 0. The van der Waals surface area contributed by atoms with Gasteiger partial charge in [0.1, 0.15) is 0 Å². The van der Waals surface area contributed by atoms with Crippen molar-refractivity contribution in [2.45, 2.75) is 31.3 Å². The number of halogens is 1. The zero-order chi connectivity index (χ0) is 8.02. The Labute approximate surface area is 85.8 Å². The van der Waals surface area contributed by atoms with Gasteiger partial charge in [0.15, 0.2) is 0 Å². The third kappa shape index (κ3) is 1.39. The smallest absolute Gasteiger partial charge is 0.0837 e.